The first-order valence-corrected chi connectivity index (χ1v) is 19.1. The van der Waals surface area contributed by atoms with E-state index in [4.69, 9.17) is 9.40 Å². The summed E-state index contributed by atoms with van der Waals surface area (Å²) in [7, 11) is 0. The lowest BCUT2D eigenvalue weighted by atomic mass is 9.85. The van der Waals surface area contributed by atoms with Crippen LogP contribution in [0.2, 0.25) is 0 Å². The molecule has 3 nitrogen and oxygen atoms in total. The maximum absolute atomic E-state index is 6.52. The van der Waals surface area contributed by atoms with E-state index in [1.54, 1.807) is 0 Å². The first-order chi connectivity index (χ1) is 27.8. The summed E-state index contributed by atoms with van der Waals surface area (Å²) < 4.78 is 8.90. The van der Waals surface area contributed by atoms with Gasteiger partial charge in [-0.3, -0.25) is 0 Å². The minimum atomic E-state index is 0.640. The Hall–Kier alpha value is -7.49. The second-order valence-corrected chi connectivity index (χ2v) is 14.7. The molecule has 10 aromatic carbocycles. The molecule has 0 radical (unpaired) electrons. The zero-order chi connectivity index (χ0) is 36.7. The highest BCUT2D eigenvalue weighted by molar-refractivity contribution is 6.24. The molecule has 2 heterocycles. The quantitative estimate of drug-likeness (QED) is 0.134. The van der Waals surface area contributed by atoms with Gasteiger partial charge in [0, 0.05) is 27.4 Å². The van der Waals surface area contributed by atoms with Crippen molar-refractivity contribution in [2.75, 3.05) is 0 Å². The highest BCUT2D eigenvalue weighted by Crippen LogP contribution is 2.46. The van der Waals surface area contributed by atoms with E-state index in [1.165, 1.54) is 65.6 Å². The van der Waals surface area contributed by atoms with Crippen LogP contribution in [0.4, 0.5) is 0 Å². The van der Waals surface area contributed by atoms with Crippen LogP contribution in [0.25, 0.3) is 115 Å². The van der Waals surface area contributed by atoms with E-state index in [1.807, 2.05) is 30.3 Å². The third-order valence-corrected chi connectivity index (χ3v) is 11.6. The summed E-state index contributed by atoms with van der Waals surface area (Å²) in [6.45, 7) is 0. The number of benzene rings is 10. The van der Waals surface area contributed by atoms with Crippen molar-refractivity contribution >= 4 is 76.0 Å². The van der Waals surface area contributed by atoms with E-state index in [-0.39, 0.29) is 0 Å². The molecule has 0 fully saturated rings. The van der Waals surface area contributed by atoms with Gasteiger partial charge in [-0.2, -0.15) is 0 Å². The van der Waals surface area contributed by atoms with Gasteiger partial charge in [-0.25, -0.2) is 4.98 Å². The normalized spacial score (nSPS) is 11.9. The molecule has 0 bridgehead atoms. The molecule has 0 amide bonds. The monoisotopic (exact) mass is 712 g/mol. The standard InChI is InChI=1S/C53H32N2O/c1-3-13-34(14-4-1)53-54-46-29-26-33-23-24-35-31-36(25-28-39(35)51(33)52(46)56-53)49-41-18-7-9-20-43(41)50(44-21-10-8-19-42(44)49)37-27-30-48-45(32-37)40-17-11-12-22-47(40)55(48)38-15-5-2-6-16-38/h1-32H. The Morgan fingerprint density at radius 1 is 0.375 bits per heavy atom. The van der Waals surface area contributed by atoms with Gasteiger partial charge in [0.15, 0.2) is 5.58 Å². The molecule has 2 aromatic heterocycles. The molecule has 260 valence electrons. The zero-order valence-corrected chi connectivity index (χ0v) is 30.3. The number of nitrogens with zero attached hydrogens (tertiary/aromatic N) is 2. The minimum Gasteiger partial charge on any atom is -0.435 e. The van der Waals surface area contributed by atoms with Gasteiger partial charge >= 0.3 is 0 Å². The lowest BCUT2D eigenvalue weighted by Crippen LogP contribution is -1.93. The van der Waals surface area contributed by atoms with Gasteiger partial charge in [-0.1, -0.05) is 140 Å². The highest BCUT2D eigenvalue weighted by atomic mass is 16.3. The van der Waals surface area contributed by atoms with Gasteiger partial charge < -0.3 is 8.98 Å². The molecule has 0 saturated carbocycles. The molecule has 0 atom stereocenters. The average molecular weight is 713 g/mol. The van der Waals surface area contributed by atoms with Crippen LogP contribution in [0, 0.1) is 0 Å². The Morgan fingerprint density at radius 2 is 0.929 bits per heavy atom. The lowest BCUT2D eigenvalue weighted by molar-refractivity contribution is 0.623. The third-order valence-electron chi connectivity index (χ3n) is 11.6. The maximum Gasteiger partial charge on any atom is 0.227 e. The number of aromatic nitrogens is 2. The summed E-state index contributed by atoms with van der Waals surface area (Å²) in [5, 5.41) is 12.0. The molecule has 0 aliphatic carbocycles. The minimum absolute atomic E-state index is 0.640. The van der Waals surface area contributed by atoms with E-state index < -0.39 is 0 Å². The van der Waals surface area contributed by atoms with Crippen LogP contribution in [0.1, 0.15) is 0 Å². The summed E-state index contributed by atoms with van der Waals surface area (Å²) in [6, 6.07) is 69.9. The van der Waals surface area contributed by atoms with E-state index in [2.05, 4.69) is 168 Å². The number of fused-ring (bicyclic) bond motifs is 10. The van der Waals surface area contributed by atoms with Crippen LogP contribution in [0.15, 0.2) is 199 Å². The van der Waals surface area contributed by atoms with Crippen molar-refractivity contribution in [1.29, 1.82) is 0 Å². The topological polar surface area (TPSA) is 31.0 Å². The van der Waals surface area contributed by atoms with Gasteiger partial charge in [-0.15, -0.1) is 0 Å². The molecule has 0 spiro atoms. The highest BCUT2D eigenvalue weighted by Gasteiger charge is 2.20. The first-order valence-electron chi connectivity index (χ1n) is 19.1. The molecule has 3 heteroatoms. The van der Waals surface area contributed by atoms with Crippen molar-refractivity contribution in [3.63, 3.8) is 0 Å². The van der Waals surface area contributed by atoms with E-state index in [0.717, 1.165) is 43.9 Å². The van der Waals surface area contributed by atoms with Crippen molar-refractivity contribution in [2.24, 2.45) is 0 Å². The predicted molar refractivity (Wildman–Crippen MR) is 235 cm³/mol. The molecule has 0 saturated heterocycles. The fraction of sp³-hybridized carbons (Fsp3) is 0. The van der Waals surface area contributed by atoms with E-state index in [9.17, 15) is 0 Å². The third kappa shape index (κ3) is 4.55. The van der Waals surface area contributed by atoms with Crippen molar-refractivity contribution in [1.82, 2.24) is 9.55 Å². The van der Waals surface area contributed by atoms with Crippen LogP contribution in [-0.4, -0.2) is 9.55 Å². The van der Waals surface area contributed by atoms with Crippen LogP contribution in [0.3, 0.4) is 0 Å². The maximum atomic E-state index is 6.52. The second kappa shape index (κ2) is 12.0. The largest absolute Gasteiger partial charge is 0.435 e. The molecule has 12 aromatic rings. The SMILES string of the molecule is c1ccc(-c2nc3ccc4ccc5cc(-c6c7ccccc7c(-c7ccc8c(c7)c7ccccc7n8-c7ccccc7)c7ccccc67)ccc5c4c3o2)cc1. The number of rotatable bonds is 4. The molecule has 0 aliphatic heterocycles. The molecule has 56 heavy (non-hydrogen) atoms. The van der Waals surface area contributed by atoms with E-state index in [0.29, 0.717) is 5.89 Å². The summed E-state index contributed by atoms with van der Waals surface area (Å²) in [6.07, 6.45) is 0. The van der Waals surface area contributed by atoms with Crippen LogP contribution < -0.4 is 0 Å². The number of para-hydroxylation sites is 2. The van der Waals surface area contributed by atoms with Crippen molar-refractivity contribution in [2.45, 2.75) is 0 Å². The molecule has 0 aliphatic rings. The molecule has 0 unspecified atom stereocenters. The van der Waals surface area contributed by atoms with Gasteiger partial charge in [-0.05, 0) is 115 Å². The van der Waals surface area contributed by atoms with Crippen molar-refractivity contribution < 1.29 is 4.42 Å². The predicted octanol–water partition coefficient (Wildman–Crippen LogP) is 14.5. The fourth-order valence-electron chi connectivity index (χ4n) is 9.13. The summed E-state index contributed by atoms with van der Waals surface area (Å²) in [5.74, 6) is 0.640. The molecular formula is C53H32N2O. The molecular weight excluding hydrogens is 681 g/mol. The molecule has 0 N–H and O–H groups in total. The fourth-order valence-corrected chi connectivity index (χ4v) is 9.13. The van der Waals surface area contributed by atoms with Gasteiger partial charge in [0.25, 0.3) is 0 Å². The van der Waals surface area contributed by atoms with Crippen LogP contribution >= 0.6 is 0 Å². The summed E-state index contributed by atoms with van der Waals surface area (Å²) >= 11 is 0. The smallest absolute Gasteiger partial charge is 0.227 e. The van der Waals surface area contributed by atoms with Crippen molar-refractivity contribution in [3.8, 4) is 39.4 Å². The number of hydrogen-bond acceptors (Lipinski definition) is 2. The zero-order valence-electron chi connectivity index (χ0n) is 30.3. The molecule has 12 rings (SSSR count). The first kappa shape index (κ1) is 30.9. The average Bonchev–Trinajstić information content (AvgIpc) is 3.85. The Labute approximate surface area is 322 Å². The Bertz CT molecular complexity index is 3460. The van der Waals surface area contributed by atoms with Crippen molar-refractivity contribution in [3.05, 3.63) is 194 Å². The van der Waals surface area contributed by atoms with Gasteiger partial charge in [0.2, 0.25) is 5.89 Å². The number of oxazole rings is 1. The lowest BCUT2D eigenvalue weighted by Gasteiger charge is -2.18. The Kier molecular flexibility index (Phi) is 6.63. The van der Waals surface area contributed by atoms with Gasteiger partial charge in [0.1, 0.15) is 5.52 Å². The Morgan fingerprint density at radius 3 is 1.64 bits per heavy atom. The van der Waals surface area contributed by atoms with Crippen LogP contribution in [0.5, 0.6) is 0 Å². The van der Waals surface area contributed by atoms with Gasteiger partial charge in [0.05, 0.1) is 11.0 Å². The summed E-state index contributed by atoms with van der Waals surface area (Å²) in [4.78, 5) is 4.89. The van der Waals surface area contributed by atoms with E-state index >= 15 is 0 Å². The Balaban J connectivity index is 1.08. The number of hydrogen-bond donors (Lipinski definition) is 0. The summed E-state index contributed by atoms with van der Waals surface area (Å²) in [5.41, 5.74) is 11.1. The second-order valence-electron chi connectivity index (χ2n) is 14.7. The van der Waals surface area contributed by atoms with Crippen LogP contribution in [-0.2, 0) is 0 Å².